The number of benzene rings is 1. The second-order valence-electron chi connectivity index (χ2n) is 8.61. The highest BCUT2D eigenvalue weighted by Gasteiger charge is 2.20. The quantitative estimate of drug-likeness (QED) is 0.568. The van der Waals surface area contributed by atoms with Crippen molar-refractivity contribution in [3.63, 3.8) is 0 Å². The average molecular weight is 425 g/mol. The normalized spacial score (nSPS) is 19.4. The number of hydrogen-bond donors (Lipinski definition) is 1. The van der Waals surface area contributed by atoms with Gasteiger partial charge in [-0.15, -0.1) is 0 Å². The lowest BCUT2D eigenvalue weighted by Gasteiger charge is -2.36. The first-order valence-corrected chi connectivity index (χ1v) is 11.7. The number of nitrogens with one attached hydrogen (secondary N) is 1. The number of aromatic nitrogens is 1. The third-order valence-corrected chi connectivity index (χ3v) is 6.41. The fraction of sp³-hybridized carbons (Fsp3) is 0.583. The molecule has 1 aromatic heterocycles. The van der Waals surface area contributed by atoms with Gasteiger partial charge in [-0.2, -0.15) is 0 Å². The monoisotopic (exact) mass is 424 g/mol. The zero-order valence-electron chi connectivity index (χ0n) is 18.8. The molecule has 2 aromatic rings. The van der Waals surface area contributed by atoms with Gasteiger partial charge in [0.2, 0.25) is 0 Å². The van der Waals surface area contributed by atoms with E-state index in [1.165, 1.54) is 49.9 Å². The molecule has 1 N–H and O–H groups in total. The molecule has 168 valence electrons. The van der Waals surface area contributed by atoms with Crippen LogP contribution >= 0.6 is 0 Å². The largest absolute Gasteiger partial charge is 0.364 e. The predicted molar refractivity (Wildman–Crippen MR) is 124 cm³/mol. The van der Waals surface area contributed by atoms with Gasteiger partial charge in [0, 0.05) is 58.9 Å². The molecular weight excluding hydrogens is 388 g/mol. The molecule has 2 aliphatic rings. The summed E-state index contributed by atoms with van der Waals surface area (Å²) < 4.78 is 4.95. The first-order valence-electron chi connectivity index (χ1n) is 11.7. The van der Waals surface area contributed by atoms with Crippen molar-refractivity contribution < 1.29 is 4.52 Å². The van der Waals surface area contributed by atoms with E-state index >= 15 is 0 Å². The molecule has 0 atom stereocenters. The van der Waals surface area contributed by atoms with Crippen molar-refractivity contribution in [1.29, 1.82) is 0 Å². The van der Waals surface area contributed by atoms with Crippen molar-refractivity contribution in [1.82, 2.24) is 25.2 Å². The van der Waals surface area contributed by atoms with Crippen LogP contribution in [0, 0.1) is 0 Å². The van der Waals surface area contributed by atoms with Crippen LogP contribution in [-0.4, -0.2) is 72.1 Å². The van der Waals surface area contributed by atoms with E-state index in [2.05, 4.69) is 54.4 Å². The smallest absolute Gasteiger partial charge is 0.194 e. The third kappa shape index (κ3) is 6.31. The average Bonchev–Trinajstić information content (AvgIpc) is 3.18. The molecule has 7 nitrogen and oxygen atoms in total. The van der Waals surface area contributed by atoms with Crippen molar-refractivity contribution >= 4 is 5.96 Å². The van der Waals surface area contributed by atoms with Gasteiger partial charge in [-0.25, -0.2) is 0 Å². The Balaban J connectivity index is 1.29. The molecule has 0 unspecified atom stereocenters. The van der Waals surface area contributed by atoms with Gasteiger partial charge >= 0.3 is 0 Å². The number of guanidine groups is 1. The van der Waals surface area contributed by atoms with E-state index in [1.807, 2.05) is 13.1 Å². The molecule has 0 bridgehead atoms. The van der Waals surface area contributed by atoms with Crippen molar-refractivity contribution in [2.45, 2.75) is 45.3 Å². The summed E-state index contributed by atoms with van der Waals surface area (Å²) >= 11 is 0. The van der Waals surface area contributed by atoms with Gasteiger partial charge in [-0.3, -0.25) is 14.8 Å². The van der Waals surface area contributed by atoms with Gasteiger partial charge in [0.25, 0.3) is 0 Å². The first kappa shape index (κ1) is 21.8. The summed E-state index contributed by atoms with van der Waals surface area (Å²) in [5.74, 6) is 0.991. The molecule has 3 heterocycles. The molecule has 31 heavy (non-hydrogen) atoms. The molecule has 0 aliphatic carbocycles. The van der Waals surface area contributed by atoms with Crippen LogP contribution in [0.25, 0.3) is 0 Å². The van der Waals surface area contributed by atoms with Crippen molar-refractivity contribution in [3.8, 4) is 0 Å². The molecule has 0 saturated carbocycles. The van der Waals surface area contributed by atoms with Crippen LogP contribution in [0.15, 0.2) is 46.1 Å². The Bertz CT molecular complexity index is 805. The fourth-order valence-corrected chi connectivity index (χ4v) is 4.59. The van der Waals surface area contributed by atoms with E-state index in [0.29, 0.717) is 0 Å². The summed E-state index contributed by atoms with van der Waals surface area (Å²) in [5, 5.41) is 7.65. The van der Waals surface area contributed by atoms with Crippen LogP contribution in [0.2, 0.25) is 0 Å². The Kier molecular flexibility index (Phi) is 7.96. The molecule has 2 fully saturated rings. The predicted octanol–water partition coefficient (Wildman–Crippen LogP) is 2.94. The maximum Gasteiger partial charge on any atom is 0.194 e. The first-order chi connectivity index (χ1) is 15.3. The molecule has 7 heteroatoms. The molecule has 0 spiro atoms. The van der Waals surface area contributed by atoms with Gasteiger partial charge < -0.3 is 14.7 Å². The Morgan fingerprint density at radius 1 is 0.903 bits per heavy atom. The van der Waals surface area contributed by atoms with E-state index in [9.17, 15) is 0 Å². The summed E-state index contributed by atoms with van der Waals surface area (Å²) in [7, 11) is 1.88. The molecule has 2 aliphatic heterocycles. The minimum atomic E-state index is 0.815. The lowest BCUT2D eigenvalue weighted by atomic mass is 10.1. The Labute approximate surface area is 186 Å². The van der Waals surface area contributed by atoms with Crippen LogP contribution in [0.5, 0.6) is 0 Å². The fourth-order valence-electron chi connectivity index (χ4n) is 4.59. The van der Waals surface area contributed by atoms with Crippen LogP contribution in [0.3, 0.4) is 0 Å². The molecular formula is C24H36N6O. The van der Waals surface area contributed by atoms with Crippen molar-refractivity contribution in [2.24, 2.45) is 4.99 Å². The van der Waals surface area contributed by atoms with E-state index in [4.69, 9.17) is 4.52 Å². The summed E-state index contributed by atoms with van der Waals surface area (Å²) in [6.07, 6.45) is 7.05. The topological polar surface area (TPSA) is 60.1 Å². The number of rotatable bonds is 6. The van der Waals surface area contributed by atoms with E-state index < -0.39 is 0 Å². The Morgan fingerprint density at radius 3 is 2.29 bits per heavy atom. The van der Waals surface area contributed by atoms with Gasteiger partial charge in [0.05, 0.1) is 5.69 Å². The number of nitrogens with zero attached hydrogens (tertiary/aromatic N) is 5. The zero-order valence-corrected chi connectivity index (χ0v) is 18.8. The molecule has 0 amide bonds. The number of likely N-dealkylation sites (tertiary alicyclic amines) is 1. The molecule has 2 saturated heterocycles. The summed E-state index contributed by atoms with van der Waals surface area (Å²) in [6.45, 7) is 9.09. The van der Waals surface area contributed by atoms with Crippen LogP contribution in [0.1, 0.15) is 42.5 Å². The minimum Gasteiger partial charge on any atom is -0.364 e. The minimum absolute atomic E-state index is 0.815. The highest BCUT2D eigenvalue weighted by Crippen LogP contribution is 2.16. The van der Waals surface area contributed by atoms with Crippen LogP contribution < -0.4 is 5.32 Å². The molecule has 1 aromatic carbocycles. The van der Waals surface area contributed by atoms with Crippen LogP contribution in [0.4, 0.5) is 0 Å². The molecule has 0 radical (unpaired) electrons. The number of piperazine rings is 1. The van der Waals surface area contributed by atoms with Crippen molar-refractivity contribution in [3.05, 3.63) is 53.4 Å². The third-order valence-electron chi connectivity index (χ3n) is 6.41. The maximum atomic E-state index is 4.95. The maximum absolute atomic E-state index is 4.95. The Morgan fingerprint density at radius 2 is 1.61 bits per heavy atom. The lowest BCUT2D eigenvalue weighted by molar-refractivity contribution is 0.169. The van der Waals surface area contributed by atoms with E-state index in [1.54, 1.807) is 6.26 Å². The summed E-state index contributed by atoms with van der Waals surface area (Å²) in [4.78, 5) is 12.0. The van der Waals surface area contributed by atoms with Crippen LogP contribution in [-0.2, 0) is 19.6 Å². The highest BCUT2D eigenvalue weighted by atomic mass is 16.5. The highest BCUT2D eigenvalue weighted by molar-refractivity contribution is 5.80. The van der Waals surface area contributed by atoms with Gasteiger partial charge in [0.15, 0.2) is 5.96 Å². The lowest BCUT2D eigenvalue weighted by Crippen LogP contribution is -2.52. The number of aliphatic imine (C=N–C) groups is 1. The van der Waals surface area contributed by atoms with E-state index in [0.717, 1.165) is 57.5 Å². The SMILES string of the molecule is CN=C(NCc1ccccc1CN1CCCCCC1)N1CCN(Cc2ccon2)CC1. The Hall–Kier alpha value is -2.38. The van der Waals surface area contributed by atoms with Gasteiger partial charge in [-0.05, 0) is 37.1 Å². The van der Waals surface area contributed by atoms with Crippen molar-refractivity contribution in [2.75, 3.05) is 46.3 Å². The van der Waals surface area contributed by atoms with E-state index in [-0.39, 0.29) is 0 Å². The van der Waals surface area contributed by atoms with Gasteiger partial charge in [-0.1, -0.05) is 42.3 Å². The zero-order chi connectivity index (χ0) is 21.3. The van der Waals surface area contributed by atoms with Gasteiger partial charge in [0.1, 0.15) is 6.26 Å². The summed E-state index contributed by atoms with van der Waals surface area (Å²) in [6, 6.07) is 10.8. The standard InChI is InChI=1S/C24H36N6O/c1-25-24(30-15-13-29(14-16-30)20-23-10-17-31-27-23)26-18-21-8-4-5-9-22(21)19-28-11-6-2-3-7-12-28/h4-5,8-10,17H,2-3,6-7,11-16,18-20H2,1H3,(H,25,26). The molecule has 4 rings (SSSR count). The second-order valence-corrected chi connectivity index (χ2v) is 8.61. The summed E-state index contributed by atoms with van der Waals surface area (Å²) in [5.41, 5.74) is 3.80. The second kappa shape index (κ2) is 11.3. The number of hydrogen-bond acceptors (Lipinski definition) is 5.